The van der Waals surface area contributed by atoms with Crippen LogP contribution in [0.5, 0.6) is 11.5 Å². The molecule has 0 aliphatic rings. The lowest BCUT2D eigenvalue weighted by atomic mass is 10.0. The maximum atomic E-state index is 12.2. The van der Waals surface area contributed by atoms with E-state index in [1.54, 1.807) is 42.5 Å². The molecule has 2 rings (SSSR count). The average molecular weight is 350 g/mol. The molecule has 0 bridgehead atoms. The van der Waals surface area contributed by atoms with Crippen molar-refractivity contribution < 1.29 is 24.2 Å². The molecule has 0 radical (unpaired) electrons. The summed E-state index contributed by atoms with van der Waals surface area (Å²) in [4.78, 5) is 23.4. The minimum atomic E-state index is -1.05. The fraction of sp³-hybridized carbons (Fsp3) is 0.143. The van der Waals surface area contributed by atoms with Crippen molar-refractivity contribution in [2.75, 3.05) is 13.7 Å². The highest BCUT2D eigenvalue weighted by atomic mass is 16.5. The van der Waals surface area contributed by atoms with Crippen LogP contribution in [0.1, 0.15) is 21.5 Å². The fourth-order valence-corrected chi connectivity index (χ4v) is 2.35. The zero-order valence-corrected chi connectivity index (χ0v) is 14.3. The largest absolute Gasteiger partial charge is 0.493 e. The molecule has 0 amide bonds. The molecule has 0 aliphatic carbocycles. The number of allylic oxidation sites excluding steroid dienone is 1. The highest BCUT2D eigenvalue weighted by molar-refractivity contribution is 5.97. The highest BCUT2D eigenvalue weighted by Crippen LogP contribution is 2.28. The molecular weight excluding hydrogens is 332 g/mol. The maximum absolute atomic E-state index is 12.2. The number of carboxylic acids is 1. The molecule has 0 aliphatic heterocycles. The van der Waals surface area contributed by atoms with E-state index in [2.05, 4.69) is 5.92 Å². The van der Waals surface area contributed by atoms with E-state index in [1.807, 2.05) is 0 Å². The van der Waals surface area contributed by atoms with Gasteiger partial charge in [0.1, 0.15) is 6.61 Å². The number of ether oxygens (including phenoxy) is 2. The van der Waals surface area contributed by atoms with Gasteiger partial charge in [-0.15, -0.1) is 6.42 Å². The second-order valence-electron chi connectivity index (χ2n) is 5.34. The van der Waals surface area contributed by atoms with Crippen LogP contribution in [0.25, 0.3) is 6.08 Å². The third-order valence-electron chi connectivity index (χ3n) is 3.57. The number of benzene rings is 2. The Morgan fingerprint density at radius 1 is 1.19 bits per heavy atom. The van der Waals surface area contributed by atoms with Gasteiger partial charge in [-0.2, -0.15) is 0 Å². The standard InChI is InChI=1S/C21H18O5/c1-3-12-26-20-13-15(9-11-19(20)25-2)8-10-17(22)14-16-6-4-5-7-18(16)21(23)24/h1,4-11,13H,12,14H2,2H3,(H,23,24)/b10-8+. The number of carbonyl (C=O) groups is 2. The van der Waals surface area contributed by atoms with Gasteiger partial charge in [0, 0.05) is 6.42 Å². The van der Waals surface area contributed by atoms with Gasteiger partial charge in [0.2, 0.25) is 0 Å². The van der Waals surface area contributed by atoms with Crippen LogP contribution in [0, 0.1) is 12.3 Å². The van der Waals surface area contributed by atoms with E-state index in [1.165, 1.54) is 19.3 Å². The number of terminal acetylenes is 1. The molecule has 5 nitrogen and oxygen atoms in total. The average Bonchev–Trinajstić information content (AvgIpc) is 2.65. The van der Waals surface area contributed by atoms with Gasteiger partial charge in [0.15, 0.2) is 17.3 Å². The quantitative estimate of drug-likeness (QED) is 0.584. The number of ketones is 1. The molecule has 26 heavy (non-hydrogen) atoms. The first-order valence-corrected chi connectivity index (χ1v) is 7.81. The molecule has 0 saturated heterocycles. The zero-order chi connectivity index (χ0) is 18.9. The molecule has 132 valence electrons. The van der Waals surface area contributed by atoms with Crippen LogP contribution in [0.2, 0.25) is 0 Å². The smallest absolute Gasteiger partial charge is 0.335 e. The predicted molar refractivity (Wildman–Crippen MR) is 98.5 cm³/mol. The molecular formula is C21H18O5. The summed E-state index contributed by atoms with van der Waals surface area (Å²) in [6, 6.07) is 11.7. The van der Waals surface area contributed by atoms with Crippen molar-refractivity contribution in [1.82, 2.24) is 0 Å². The Bertz CT molecular complexity index is 874. The first kappa shape index (κ1) is 18.8. The molecule has 0 saturated carbocycles. The van der Waals surface area contributed by atoms with E-state index in [4.69, 9.17) is 21.0 Å². The Labute approximate surface area is 151 Å². The first-order valence-electron chi connectivity index (χ1n) is 7.81. The number of carbonyl (C=O) groups excluding carboxylic acids is 1. The fourth-order valence-electron chi connectivity index (χ4n) is 2.35. The van der Waals surface area contributed by atoms with Gasteiger partial charge in [-0.05, 0) is 35.4 Å². The maximum Gasteiger partial charge on any atom is 0.335 e. The van der Waals surface area contributed by atoms with Crippen molar-refractivity contribution in [3.05, 3.63) is 65.2 Å². The summed E-state index contributed by atoms with van der Waals surface area (Å²) in [6.07, 6.45) is 8.25. The van der Waals surface area contributed by atoms with Crippen molar-refractivity contribution in [2.24, 2.45) is 0 Å². The number of hydrogen-bond donors (Lipinski definition) is 1. The Balaban J connectivity index is 2.13. The molecule has 0 fully saturated rings. The summed E-state index contributed by atoms with van der Waals surface area (Å²) >= 11 is 0. The monoisotopic (exact) mass is 350 g/mol. The van der Waals surface area contributed by atoms with E-state index in [9.17, 15) is 9.59 Å². The first-order chi connectivity index (χ1) is 12.5. The number of hydrogen-bond acceptors (Lipinski definition) is 4. The Morgan fingerprint density at radius 3 is 2.65 bits per heavy atom. The summed E-state index contributed by atoms with van der Waals surface area (Å²) in [5, 5.41) is 9.17. The van der Waals surface area contributed by atoms with E-state index in [0.29, 0.717) is 17.1 Å². The van der Waals surface area contributed by atoms with Gasteiger partial charge in [-0.25, -0.2) is 4.79 Å². The molecule has 5 heteroatoms. The molecule has 0 unspecified atom stereocenters. The lowest BCUT2D eigenvalue weighted by molar-refractivity contribution is -0.113. The van der Waals surface area contributed by atoms with Crippen molar-refractivity contribution >= 4 is 17.8 Å². The van der Waals surface area contributed by atoms with E-state index >= 15 is 0 Å². The van der Waals surface area contributed by atoms with Gasteiger partial charge in [0.25, 0.3) is 0 Å². The van der Waals surface area contributed by atoms with Gasteiger partial charge in [0.05, 0.1) is 12.7 Å². The summed E-state index contributed by atoms with van der Waals surface area (Å²) in [7, 11) is 1.52. The van der Waals surface area contributed by atoms with Gasteiger partial charge in [-0.1, -0.05) is 36.3 Å². The number of methoxy groups -OCH3 is 1. The molecule has 2 aromatic carbocycles. The molecule has 0 heterocycles. The summed E-state index contributed by atoms with van der Waals surface area (Å²) in [5.41, 5.74) is 1.34. The second kappa shape index (κ2) is 9.09. The Kier molecular flexibility index (Phi) is 6.58. The van der Waals surface area contributed by atoms with Crippen LogP contribution in [0.4, 0.5) is 0 Å². The SMILES string of the molecule is C#CCOc1cc(/C=C/C(=O)Cc2ccccc2C(=O)O)ccc1OC. The predicted octanol–water partition coefficient (Wildman–Crippen LogP) is 3.23. The van der Waals surface area contributed by atoms with Gasteiger partial charge in [-0.3, -0.25) is 4.79 Å². The van der Waals surface area contributed by atoms with Crippen molar-refractivity contribution in [1.29, 1.82) is 0 Å². The zero-order valence-electron chi connectivity index (χ0n) is 14.3. The van der Waals surface area contributed by atoms with Crippen molar-refractivity contribution in [3.63, 3.8) is 0 Å². The van der Waals surface area contributed by atoms with Gasteiger partial charge < -0.3 is 14.6 Å². The number of carboxylic acid groups (broad SMARTS) is 1. The van der Waals surface area contributed by atoms with Crippen LogP contribution in [0.15, 0.2) is 48.5 Å². The van der Waals surface area contributed by atoms with Crippen LogP contribution in [-0.2, 0) is 11.2 Å². The molecule has 0 atom stereocenters. The van der Waals surface area contributed by atoms with E-state index in [-0.39, 0.29) is 24.4 Å². The lowest BCUT2D eigenvalue weighted by Gasteiger charge is -2.09. The van der Waals surface area contributed by atoms with Crippen molar-refractivity contribution in [3.8, 4) is 23.8 Å². The Hall–Kier alpha value is -3.52. The number of aromatic carboxylic acids is 1. The van der Waals surface area contributed by atoms with E-state index in [0.717, 1.165) is 5.56 Å². The molecule has 0 aromatic heterocycles. The normalized spacial score (nSPS) is 10.3. The lowest BCUT2D eigenvalue weighted by Crippen LogP contribution is -2.06. The summed E-state index contributed by atoms with van der Waals surface area (Å²) in [5.74, 6) is 2.14. The Morgan fingerprint density at radius 2 is 1.96 bits per heavy atom. The highest BCUT2D eigenvalue weighted by Gasteiger charge is 2.11. The van der Waals surface area contributed by atoms with Crippen LogP contribution in [0.3, 0.4) is 0 Å². The summed E-state index contributed by atoms with van der Waals surface area (Å²) in [6.45, 7) is 0.106. The molecule has 1 N–H and O–H groups in total. The minimum absolute atomic E-state index is 0.00950. The van der Waals surface area contributed by atoms with Crippen LogP contribution >= 0.6 is 0 Å². The molecule has 2 aromatic rings. The molecule has 0 spiro atoms. The number of rotatable bonds is 8. The summed E-state index contributed by atoms with van der Waals surface area (Å²) < 4.78 is 10.6. The van der Waals surface area contributed by atoms with Crippen molar-refractivity contribution in [2.45, 2.75) is 6.42 Å². The second-order valence-corrected chi connectivity index (χ2v) is 5.34. The topological polar surface area (TPSA) is 72.8 Å². The van der Waals surface area contributed by atoms with E-state index < -0.39 is 5.97 Å². The third kappa shape index (κ3) is 4.99. The van der Waals surface area contributed by atoms with Gasteiger partial charge >= 0.3 is 5.97 Å². The van der Waals surface area contributed by atoms with Crippen LogP contribution in [-0.4, -0.2) is 30.6 Å². The van der Waals surface area contributed by atoms with Crippen LogP contribution < -0.4 is 9.47 Å². The minimum Gasteiger partial charge on any atom is -0.493 e. The third-order valence-corrected chi connectivity index (χ3v) is 3.57.